The second-order valence-corrected chi connectivity index (χ2v) is 11.4. The molecule has 3 heterocycles. The molecule has 6 nitrogen and oxygen atoms in total. The molecule has 0 aromatic heterocycles. The molecule has 0 aromatic carbocycles. The molecule has 4 aliphatic carbocycles. The lowest BCUT2D eigenvalue weighted by Gasteiger charge is -2.62. The Morgan fingerprint density at radius 3 is 2.34 bits per heavy atom. The van der Waals surface area contributed by atoms with Gasteiger partial charge in [-0.2, -0.15) is 0 Å². The van der Waals surface area contributed by atoms with Crippen LogP contribution >= 0.6 is 0 Å². The molecule has 7 rings (SSSR count). The van der Waals surface area contributed by atoms with E-state index in [1.165, 1.54) is 0 Å². The second-order valence-electron chi connectivity index (χ2n) is 11.4. The molecule has 4 saturated carbocycles. The SMILES string of the molecule is CC12CC(O)C3C(CC4OC45CC4(CCC35C)OCCO4)C1CCC21OCCO1. The van der Waals surface area contributed by atoms with Gasteiger partial charge in [0.05, 0.1) is 38.6 Å². The Morgan fingerprint density at radius 1 is 0.862 bits per heavy atom. The van der Waals surface area contributed by atoms with E-state index in [9.17, 15) is 5.11 Å². The van der Waals surface area contributed by atoms with E-state index in [0.29, 0.717) is 38.3 Å². The lowest BCUT2D eigenvalue weighted by atomic mass is 9.43. The molecule has 3 spiro atoms. The summed E-state index contributed by atoms with van der Waals surface area (Å²) < 4.78 is 31.2. The van der Waals surface area contributed by atoms with E-state index in [2.05, 4.69) is 13.8 Å². The largest absolute Gasteiger partial charge is 0.393 e. The highest BCUT2D eigenvalue weighted by Crippen LogP contribution is 2.75. The number of aliphatic hydroxyl groups is 1. The normalized spacial score (nSPS) is 58.7. The first-order chi connectivity index (χ1) is 13.9. The first-order valence-electron chi connectivity index (χ1n) is 11.8. The number of hydrogen-bond donors (Lipinski definition) is 1. The molecule has 29 heavy (non-hydrogen) atoms. The highest BCUT2D eigenvalue weighted by molar-refractivity contribution is 5.27. The smallest absolute Gasteiger partial charge is 0.174 e. The second kappa shape index (κ2) is 5.38. The summed E-state index contributed by atoms with van der Waals surface area (Å²) in [4.78, 5) is 0. The average molecular weight is 407 g/mol. The Morgan fingerprint density at radius 2 is 1.59 bits per heavy atom. The number of rotatable bonds is 0. The number of aliphatic hydroxyl groups excluding tert-OH is 1. The topological polar surface area (TPSA) is 69.7 Å². The molecule has 0 bridgehead atoms. The lowest BCUT2D eigenvalue weighted by Crippen LogP contribution is -2.65. The molecular formula is C23H34O6. The van der Waals surface area contributed by atoms with E-state index < -0.39 is 11.6 Å². The molecule has 6 heteroatoms. The van der Waals surface area contributed by atoms with E-state index in [1.54, 1.807) is 0 Å². The fraction of sp³-hybridized carbons (Fsp3) is 1.00. The molecule has 0 amide bonds. The predicted octanol–water partition coefficient (Wildman–Crippen LogP) is 2.62. The van der Waals surface area contributed by atoms with Crippen molar-refractivity contribution in [1.29, 1.82) is 0 Å². The quantitative estimate of drug-likeness (QED) is 0.624. The third-order valence-electron chi connectivity index (χ3n) is 10.6. The van der Waals surface area contributed by atoms with Crippen LogP contribution in [-0.4, -0.2) is 60.9 Å². The number of ether oxygens (including phenoxy) is 5. The zero-order valence-electron chi connectivity index (χ0n) is 17.7. The monoisotopic (exact) mass is 406 g/mol. The third kappa shape index (κ3) is 1.97. The Kier molecular flexibility index (Phi) is 3.41. The van der Waals surface area contributed by atoms with E-state index in [-0.39, 0.29) is 34.6 Å². The standard InChI is InChI=1S/C23H34O6/c1-19-5-6-21(25-7-8-26-21)13-22(19)17(29-22)11-14-15-3-4-23(27-9-10-28-23)20(15,2)12-16(24)18(14)19/h14-18,24H,3-13H2,1-2H3. The zero-order chi connectivity index (χ0) is 19.7. The van der Waals surface area contributed by atoms with Gasteiger partial charge in [0.2, 0.25) is 0 Å². The highest BCUT2D eigenvalue weighted by atomic mass is 16.7. The van der Waals surface area contributed by atoms with Crippen LogP contribution in [0.2, 0.25) is 0 Å². The van der Waals surface area contributed by atoms with Crippen LogP contribution in [0, 0.1) is 28.6 Å². The lowest BCUT2D eigenvalue weighted by molar-refractivity contribution is -0.271. The summed E-state index contributed by atoms with van der Waals surface area (Å²) >= 11 is 0. The summed E-state index contributed by atoms with van der Waals surface area (Å²) in [5.41, 5.74) is -0.305. The van der Waals surface area contributed by atoms with Crippen molar-refractivity contribution < 1.29 is 28.8 Å². The van der Waals surface area contributed by atoms with Crippen LogP contribution in [0.15, 0.2) is 0 Å². The van der Waals surface area contributed by atoms with Crippen molar-refractivity contribution in [3.05, 3.63) is 0 Å². The summed E-state index contributed by atoms with van der Waals surface area (Å²) in [7, 11) is 0. The van der Waals surface area contributed by atoms with Crippen molar-refractivity contribution in [2.24, 2.45) is 28.6 Å². The fourth-order valence-corrected chi connectivity index (χ4v) is 9.37. The Balaban J connectivity index is 1.26. The van der Waals surface area contributed by atoms with E-state index in [0.717, 1.165) is 44.9 Å². The molecular weight excluding hydrogens is 372 g/mol. The van der Waals surface area contributed by atoms with Gasteiger partial charge in [0.15, 0.2) is 11.6 Å². The van der Waals surface area contributed by atoms with Crippen molar-refractivity contribution in [3.8, 4) is 0 Å². The highest BCUT2D eigenvalue weighted by Gasteiger charge is 2.80. The molecule has 0 radical (unpaired) electrons. The predicted molar refractivity (Wildman–Crippen MR) is 102 cm³/mol. The first-order valence-corrected chi connectivity index (χ1v) is 11.8. The van der Waals surface area contributed by atoms with Gasteiger partial charge in [-0.1, -0.05) is 13.8 Å². The Labute approximate surface area is 172 Å². The van der Waals surface area contributed by atoms with Crippen molar-refractivity contribution in [2.45, 2.75) is 88.2 Å². The van der Waals surface area contributed by atoms with E-state index >= 15 is 0 Å². The minimum Gasteiger partial charge on any atom is -0.393 e. The van der Waals surface area contributed by atoms with Gasteiger partial charge >= 0.3 is 0 Å². The van der Waals surface area contributed by atoms with E-state index in [1.807, 2.05) is 0 Å². The van der Waals surface area contributed by atoms with Crippen molar-refractivity contribution >= 4 is 0 Å². The zero-order valence-corrected chi connectivity index (χ0v) is 17.7. The molecule has 8 unspecified atom stereocenters. The Hall–Kier alpha value is -0.240. The molecule has 7 aliphatic rings. The fourth-order valence-electron chi connectivity index (χ4n) is 9.37. The molecule has 1 N–H and O–H groups in total. The van der Waals surface area contributed by atoms with Crippen LogP contribution in [0.1, 0.15) is 58.8 Å². The molecule has 8 atom stereocenters. The average Bonchev–Trinajstić information content (AvgIpc) is 3.06. The molecule has 7 fully saturated rings. The van der Waals surface area contributed by atoms with Gasteiger partial charge in [0, 0.05) is 30.1 Å². The van der Waals surface area contributed by atoms with Crippen molar-refractivity contribution in [3.63, 3.8) is 0 Å². The van der Waals surface area contributed by atoms with E-state index in [4.69, 9.17) is 23.7 Å². The van der Waals surface area contributed by atoms with Crippen LogP contribution in [0.3, 0.4) is 0 Å². The molecule has 162 valence electrons. The van der Waals surface area contributed by atoms with Gasteiger partial charge in [-0.3, -0.25) is 0 Å². The van der Waals surface area contributed by atoms with Crippen LogP contribution in [0.5, 0.6) is 0 Å². The van der Waals surface area contributed by atoms with Gasteiger partial charge in [0.1, 0.15) is 5.60 Å². The Bertz CT molecular complexity index is 729. The molecule has 3 aliphatic heterocycles. The minimum absolute atomic E-state index is 0.0188. The summed E-state index contributed by atoms with van der Waals surface area (Å²) in [6, 6.07) is 0. The third-order valence-corrected chi connectivity index (χ3v) is 10.6. The number of epoxide rings is 1. The van der Waals surface area contributed by atoms with Crippen LogP contribution in [0.4, 0.5) is 0 Å². The maximum atomic E-state index is 11.6. The summed E-state index contributed by atoms with van der Waals surface area (Å²) in [5.74, 6) is 0.350. The maximum absolute atomic E-state index is 11.6. The van der Waals surface area contributed by atoms with Crippen molar-refractivity contribution in [1.82, 2.24) is 0 Å². The molecule has 0 aromatic rings. The maximum Gasteiger partial charge on any atom is 0.174 e. The van der Waals surface area contributed by atoms with Gasteiger partial charge < -0.3 is 28.8 Å². The van der Waals surface area contributed by atoms with Crippen LogP contribution in [0.25, 0.3) is 0 Å². The summed E-state index contributed by atoms with van der Waals surface area (Å²) in [6.45, 7) is 7.46. The van der Waals surface area contributed by atoms with Gasteiger partial charge in [0.25, 0.3) is 0 Å². The summed E-state index contributed by atoms with van der Waals surface area (Å²) in [6.07, 6.45) is 6.59. The number of fused-ring (bicyclic) bond motifs is 5. The van der Waals surface area contributed by atoms with Crippen LogP contribution < -0.4 is 0 Å². The molecule has 3 saturated heterocycles. The van der Waals surface area contributed by atoms with Gasteiger partial charge in [-0.15, -0.1) is 0 Å². The number of hydrogen-bond acceptors (Lipinski definition) is 6. The van der Waals surface area contributed by atoms with Crippen LogP contribution in [-0.2, 0) is 23.7 Å². The summed E-state index contributed by atoms with van der Waals surface area (Å²) in [5, 5.41) is 11.6. The minimum atomic E-state index is -0.481. The van der Waals surface area contributed by atoms with Crippen molar-refractivity contribution in [2.75, 3.05) is 26.4 Å². The van der Waals surface area contributed by atoms with Gasteiger partial charge in [-0.05, 0) is 43.4 Å². The first kappa shape index (κ1) is 18.3. The van der Waals surface area contributed by atoms with Gasteiger partial charge in [-0.25, -0.2) is 0 Å².